The first-order valence-electron chi connectivity index (χ1n) is 9.78. The van der Waals surface area contributed by atoms with Gasteiger partial charge in [0.2, 0.25) is 0 Å². The Morgan fingerprint density at radius 1 is 0.833 bits per heavy atom. The molecule has 30 heavy (non-hydrogen) atoms. The summed E-state index contributed by atoms with van der Waals surface area (Å²) in [5.41, 5.74) is 5.54. The molecule has 0 fully saturated rings. The van der Waals surface area contributed by atoms with E-state index in [1.807, 2.05) is 74.5 Å². The lowest BCUT2D eigenvalue weighted by molar-refractivity contribution is -0.137. The van der Waals surface area contributed by atoms with E-state index in [0.717, 1.165) is 27.8 Å². The van der Waals surface area contributed by atoms with E-state index in [1.165, 1.54) is 16.7 Å². The van der Waals surface area contributed by atoms with Gasteiger partial charge in [0.1, 0.15) is 0 Å². The first-order valence-corrected chi connectivity index (χ1v) is 10.8. The van der Waals surface area contributed by atoms with Gasteiger partial charge in [0.25, 0.3) is 11.8 Å². The minimum absolute atomic E-state index is 0.231. The lowest BCUT2D eigenvalue weighted by Crippen LogP contribution is -2.30. The molecule has 0 saturated heterocycles. The molecule has 4 nitrogen and oxygen atoms in total. The van der Waals surface area contributed by atoms with Crippen LogP contribution in [0, 0.1) is 13.8 Å². The molecule has 4 rings (SSSR count). The largest absolute Gasteiger partial charge is 0.269 e. The number of carbonyl (C=O) groups excluding carboxylic acids is 2. The fourth-order valence-corrected chi connectivity index (χ4v) is 4.47. The minimum atomic E-state index is -0.240. The number of hydrogen-bond donors (Lipinski definition) is 0. The Balaban J connectivity index is 1.70. The summed E-state index contributed by atoms with van der Waals surface area (Å²) in [6.45, 7) is 4.30. The lowest BCUT2D eigenvalue weighted by Gasteiger charge is -2.15. The number of rotatable bonds is 6. The molecule has 0 bridgehead atoms. The van der Waals surface area contributed by atoms with Gasteiger partial charge in [0.15, 0.2) is 0 Å². The fraction of sp³-hybridized carbons (Fsp3) is 0.160. The molecule has 150 valence electrons. The number of carbonyl (C=O) groups is 2. The molecule has 0 aliphatic carbocycles. The highest BCUT2D eigenvalue weighted by Gasteiger charge is 2.39. The summed E-state index contributed by atoms with van der Waals surface area (Å²) in [6, 6.07) is 19.6. The number of nitrogens with zero attached hydrogens (tertiary/aromatic N) is 2. The first kappa shape index (κ1) is 20.1. The highest BCUT2D eigenvalue weighted by atomic mass is 32.2. The number of aromatic nitrogens is 1. The van der Waals surface area contributed by atoms with Gasteiger partial charge in [-0.25, -0.2) is 0 Å². The van der Waals surface area contributed by atoms with Crippen molar-refractivity contribution in [3.8, 4) is 0 Å². The van der Waals surface area contributed by atoms with Crippen LogP contribution in [0.4, 0.5) is 0 Å². The van der Waals surface area contributed by atoms with Crippen molar-refractivity contribution in [2.75, 3.05) is 0 Å². The van der Waals surface area contributed by atoms with Crippen LogP contribution in [-0.2, 0) is 21.9 Å². The zero-order valence-electron chi connectivity index (χ0n) is 17.0. The van der Waals surface area contributed by atoms with Gasteiger partial charge in [0.05, 0.1) is 17.0 Å². The van der Waals surface area contributed by atoms with E-state index in [-0.39, 0.29) is 18.4 Å². The van der Waals surface area contributed by atoms with Crippen molar-refractivity contribution in [3.05, 3.63) is 106 Å². The Bertz CT molecular complexity index is 1120. The summed E-state index contributed by atoms with van der Waals surface area (Å²) in [5, 5.41) is 0. The fourth-order valence-electron chi connectivity index (χ4n) is 3.38. The topological polar surface area (TPSA) is 50.3 Å². The maximum Gasteiger partial charge on any atom is 0.268 e. The average Bonchev–Trinajstić information content (AvgIpc) is 3.00. The average molecular weight is 415 g/mol. The normalized spacial score (nSPS) is 14.0. The molecule has 0 unspecified atom stereocenters. The SMILES string of the molecule is Cc1ccc(C2=C(SCc3ccccc3)C(=O)N(Cc3ccncc3)C2=O)cc1C. The number of amides is 2. The maximum atomic E-state index is 13.4. The van der Waals surface area contributed by atoms with Gasteiger partial charge in [-0.15, -0.1) is 11.8 Å². The number of pyridine rings is 1. The number of benzene rings is 2. The van der Waals surface area contributed by atoms with Gasteiger partial charge < -0.3 is 0 Å². The Morgan fingerprint density at radius 2 is 1.57 bits per heavy atom. The molecule has 0 spiro atoms. The molecule has 0 saturated carbocycles. The summed E-state index contributed by atoms with van der Waals surface area (Å²) in [5.74, 6) is 0.161. The summed E-state index contributed by atoms with van der Waals surface area (Å²) >= 11 is 1.43. The highest BCUT2D eigenvalue weighted by Crippen LogP contribution is 2.38. The number of aryl methyl sites for hydroxylation is 2. The first-order chi connectivity index (χ1) is 14.5. The monoisotopic (exact) mass is 414 g/mol. The van der Waals surface area contributed by atoms with Crippen LogP contribution in [0.5, 0.6) is 0 Å². The molecule has 1 aliphatic heterocycles. The van der Waals surface area contributed by atoms with Crippen molar-refractivity contribution >= 4 is 29.1 Å². The van der Waals surface area contributed by atoms with Crippen LogP contribution >= 0.6 is 11.8 Å². The molecule has 2 amide bonds. The summed E-state index contributed by atoms with van der Waals surface area (Å²) in [7, 11) is 0. The van der Waals surface area contributed by atoms with Gasteiger partial charge in [-0.3, -0.25) is 19.5 Å². The van der Waals surface area contributed by atoms with Crippen molar-refractivity contribution in [1.82, 2.24) is 9.88 Å². The van der Waals surface area contributed by atoms with Crippen molar-refractivity contribution in [1.29, 1.82) is 0 Å². The molecule has 2 aromatic carbocycles. The van der Waals surface area contributed by atoms with E-state index in [2.05, 4.69) is 4.98 Å². The van der Waals surface area contributed by atoms with Crippen LogP contribution in [0.25, 0.3) is 5.57 Å². The van der Waals surface area contributed by atoms with Crippen molar-refractivity contribution in [2.24, 2.45) is 0 Å². The van der Waals surface area contributed by atoms with Gasteiger partial charge in [-0.2, -0.15) is 0 Å². The number of imide groups is 1. The van der Waals surface area contributed by atoms with Gasteiger partial charge in [0, 0.05) is 18.1 Å². The maximum absolute atomic E-state index is 13.4. The molecule has 2 heterocycles. The Morgan fingerprint density at radius 3 is 2.27 bits per heavy atom. The molecular weight excluding hydrogens is 392 g/mol. The van der Waals surface area contributed by atoms with Crippen LogP contribution in [0.1, 0.15) is 27.8 Å². The van der Waals surface area contributed by atoms with E-state index < -0.39 is 0 Å². The molecule has 5 heteroatoms. The van der Waals surface area contributed by atoms with E-state index in [0.29, 0.717) is 16.2 Å². The summed E-state index contributed by atoms with van der Waals surface area (Å²) in [4.78, 5) is 32.5. The minimum Gasteiger partial charge on any atom is -0.269 e. The van der Waals surface area contributed by atoms with Crippen molar-refractivity contribution < 1.29 is 9.59 Å². The van der Waals surface area contributed by atoms with Crippen molar-refractivity contribution in [2.45, 2.75) is 26.1 Å². The third-order valence-electron chi connectivity index (χ3n) is 5.24. The van der Waals surface area contributed by atoms with Crippen molar-refractivity contribution in [3.63, 3.8) is 0 Å². The quantitative estimate of drug-likeness (QED) is 0.538. The third kappa shape index (κ3) is 4.07. The van der Waals surface area contributed by atoms with Crippen LogP contribution in [0.15, 0.2) is 78.0 Å². The second-order valence-corrected chi connectivity index (χ2v) is 8.31. The predicted octanol–water partition coefficient (Wildman–Crippen LogP) is 4.91. The Kier molecular flexibility index (Phi) is 5.81. The standard InChI is InChI=1S/C25H22N2O2S/c1-17-8-9-21(14-18(17)2)22-23(30-16-20-6-4-3-5-7-20)25(29)27(24(22)28)15-19-10-12-26-13-11-19/h3-14H,15-16H2,1-2H3. The second kappa shape index (κ2) is 8.67. The van der Waals surface area contributed by atoms with E-state index >= 15 is 0 Å². The van der Waals surface area contributed by atoms with Crippen LogP contribution in [-0.4, -0.2) is 21.7 Å². The van der Waals surface area contributed by atoms with Crippen LogP contribution < -0.4 is 0 Å². The zero-order chi connectivity index (χ0) is 21.1. The van der Waals surface area contributed by atoms with Crippen LogP contribution in [0.3, 0.4) is 0 Å². The third-order valence-corrected chi connectivity index (χ3v) is 6.38. The smallest absolute Gasteiger partial charge is 0.268 e. The Labute approximate surface area is 180 Å². The van der Waals surface area contributed by atoms with Gasteiger partial charge in [-0.05, 0) is 53.8 Å². The Hall–Kier alpha value is -3.18. The molecular formula is C25H22N2O2S. The van der Waals surface area contributed by atoms with E-state index in [9.17, 15) is 9.59 Å². The molecule has 3 aromatic rings. The summed E-state index contributed by atoms with van der Waals surface area (Å²) < 4.78 is 0. The van der Waals surface area contributed by atoms with E-state index in [4.69, 9.17) is 0 Å². The molecule has 1 aromatic heterocycles. The van der Waals surface area contributed by atoms with Crippen LogP contribution in [0.2, 0.25) is 0 Å². The number of hydrogen-bond acceptors (Lipinski definition) is 4. The van der Waals surface area contributed by atoms with E-state index in [1.54, 1.807) is 12.4 Å². The highest BCUT2D eigenvalue weighted by molar-refractivity contribution is 8.03. The zero-order valence-corrected chi connectivity index (χ0v) is 17.8. The number of thioether (sulfide) groups is 1. The molecule has 0 radical (unpaired) electrons. The predicted molar refractivity (Wildman–Crippen MR) is 120 cm³/mol. The van der Waals surface area contributed by atoms with Gasteiger partial charge >= 0.3 is 0 Å². The molecule has 1 aliphatic rings. The second-order valence-electron chi connectivity index (χ2n) is 7.33. The van der Waals surface area contributed by atoms with Gasteiger partial charge in [-0.1, -0.05) is 48.5 Å². The lowest BCUT2D eigenvalue weighted by atomic mass is 10.0. The summed E-state index contributed by atoms with van der Waals surface area (Å²) in [6.07, 6.45) is 3.34. The molecule has 0 N–H and O–H groups in total. The molecule has 0 atom stereocenters.